The van der Waals surface area contributed by atoms with E-state index in [1.165, 1.54) is 50.7 Å². The third-order valence-electron chi connectivity index (χ3n) is 3.33. The molecule has 0 aliphatic heterocycles. The third-order valence-corrected chi connectivity index (χ3v) is 4.50. The van der Waals surface area contributed by atoms with Crippen LogP contribution in [-0.4, -0.2) is 18.8 Å². The molecular formula is C16H26FNS. The molecule has 1 rings (SSSR count). The second-order valence-electron chi connectivity index (χ2n) is 4.95. The maximum absolute atomic E-state index is 12.8. The Kier molecular flexibility index (Phi) is 8.93. The van der Waals surface area contributed by atoms with E-state index in [9.17, 15) is 4.39 Å². The Hall–Kier alpha value is -0.540. The lowest BCUT2D eigenvalue weighted by Crippen LogP contribution is -2.27. The number of hydrogen-bond acceptors (Lipinski definition) is 2. The van der Waals surface area contributed by atoms with Gasteiger partial charge in [0.15, 0.2) is 0 Å². The minimum absolute atomic E-state index is 0.162. The van der Waals surface area contributed by atoms with Gasteiger partial charge in [0.2, 0.25) is 0 Å². The highest BCUT2D eigenvalue weighted by Gasteiger charge is 2.06. The molecule has 0 heterocycles. The Morgan fingerprint density at radius 3 is 2.42 bits per heavy atom. The average molecular weight is 283 g/mol. The third kappa shape index (κ3) is 7.58. The largest absolute Gasteiger partial charge is 0.316 e. The highest BCUT2D eigenvalue weighted by Crippen LogP contribution is 2.20. The zero-order chi connectivity index (χ0) is 13.9. The molecule has 0 saturated carbocycles. The molecule has 0 aliphatic rings. The smallest absolute Gasteiger partial charge is 0.123 e. The van der Waals surface area contributed by atoms with E-state index in [1.807, 2.05) is 19.2 Å². The summed E-state index contributed by atoms with van der Waals surface area (Å²) in [6, 6.07) is 7.32. The zero-order valence-electron chi connectivity index (χ0n) is 12.1. The van der Waals surface area contributed by atoms with Crippen LogP contribution in [-0.2, 0) is 0 Å². The van der Waals surface area contributed by atoms with E-state index >= 15 is 0 Å². The summed E-state index contributed by atoms with van der Waals surface area (Å²) in [5, 5.41) is 3.38. The van der Waals surface area contributed by atoms with Crippen LogP contribution >= 0.6 is 11.8 Å². The summed E-state index contributed by atoms with van der Waals surface area (Å²) >= 11 is 1.80. The first-order chi connectivity index (χ1) is 9.26. The molecule has 1 aromatic carbocycles. The van der Waals surface area contributed by atoms with Crippen molar-refractivity contribution < 1.29 is 4.39 Å². The molecule has 0 amide bonds. The van der Waals surface area contributed by atoms with Gasteiger partial charge in [-0.3, -0.25) is 0 Å². The fourth-order valence-corrected chi connectivity index (χ4v) is 3.09. The SMILES string of the molecule is CCCCCCCC(CSc1ccc(F)cc1)NC. The molecule has 0 aliphatic carbocycles. The molecule has 3 heteroatoms. The van der Waals surface area contributed by atoms with Crippen LogP contribution in [0.5, 0.6) is 0 Å². The molecule has 0 radical (unpaired) electrons. The summed E-state index contributed by atoms with van der Waals surface area (Å²) in [6.07, 6.45) is 7.89. The molecule has 0 fully saturated rings. The monoisotopic (exact) mass is 283 g/mol. The second kappa shape index (κ2) is 10.3. The van der Waals surface area contributed by atoms with Crippen LogP contribution in [0, 0.1) is 5.82 Å². The number of rotatable bonds is 10. The van der Waals surface area contributed by atoms with Gasteiger partial charge in [0, 0.05) is 16.7 Å². The van der Waals surface area contributed by atoms with Gasteiger partial charge in [-0.25, -0.2) is 4.39 Å². The Morgan fingerprint density at radius 1 is 1.11 bits per heavy atom. The highest BCUT2D eigenvalue weighted by atomic mass is 32.2. The quantitative estimate of drug-likeness (QED) is 0.486. The molecule has 1 nitrogen and oxygen atoms in total. The first kappa shape index (κ1) is 16.5. The molecule has 0 aromatic heterocycles. The van der Waals surface area contributed by atoms with Crippen molar-refractivity contribution in [1.82, 2.24) is 5.32 Å². The number of thioether (sulfide) groups is 1. The summed E-state index contributed by atoms with van der Waals surface area (Å²) in [5.74, 6) is 0.890. The van der Waals surface area contributed by atoms with Crippen molar-refractivity contribution in [3.63, 3.8) is 0 Å². The number of unbranched alkanes of at least 4 members (excludes halogenated alkanes) is 4. The van der Waals surface area contributed by atoms with Crippen LogP contribution in [0.1, 0.15) is 45.4 Å². The summed E-state index contributed by atoms with van der Waals surface area (Å²) in [5.41, 5.74) is 0. The van der Waals surface area contributed by atoms with Gasteiger partial charge in [-0.1, -0.05) is 39.0 Å². The second-order valence-corrected chi connectivity index (χ2v) is 6.05. The van der Waals surface area contributed by atoms with Gasteiger partial charge in [0.25, 0.3) is 0 Å². The predicted octanol–water partition coefficient (Wildman–Crippen LogP) is 4.87. The number of halogens is 1. The molecule has 1 N–H and O–H groups in total. The Labute approximate surface area is 121 Å². The minimum atomic E-state index is -0.162. The fourth-order valence-electron chi connectivity index (χ4n) is 2.03. The molecule has 108 valence electrons. The Bertz CT molecular complexity index is 326. The van der Waals surface area contributed by atoms with Crippen molar-refractivity contribution in [2.24, 2.45) is 0 Å². The number of benzene rings is 1. The lowest BCUT2D eigenvalue weighted by molar-refractivity contribution is 0.518. The lowest BCUT2D eigenvalue weighted by atomic mass is 10.1. The Balaban J connectivity index is 2.19. The van der Waals surface area contributed by atoms with Crippen LogP contribution in [0.4, 0.5) is 4.39 Å². The molecule has 1 atom stereocenters. The Morgan fingerprint density at radius 2 is 1.79 bits per heavy atom. The van der Waals surface area contributed by atoms with Crippen LogP contribution in [0.25, 0.3) is 0 Å². The molecule has 0 saturated heterocycles. The van der Waals surface area contributed by atoms with Crippen molar-refractivity contribution in [2.45, 2.75) is 56.4 Å². The van der Waals surface area contributed by atoms with Crippen LogP contribution in [0.15, 0.2) is 29.2 Å². The molecular weight excluding hydrogens is 257 g/mol. The fraction of sp³-hybridized carbons (Fsp3) is 0.625. The van der Waals surface area contributed by atoms with Gasteiger partial charge in [0.05, 0.1) is 0 Å². The summed E-state index contributed by atoms with van der Waals surface area (Å²) in [7, 11) is 2.03. The van der Waals surface area contributed by atoms with Gasteiger partial charge in [-0.15, -0.1) is 11.8 Å². The standard InChI is InChI=1S/C16H26FNS/c1-3-4-5-6-7-8-15(18-2)13-19-16-11-9-14(17)10-12-16/h9-12,15,18H,3-8,13H2,1-2H3. The molecule has 1 aromatic rings. The van der Waals surface area contributed by atoms with Crippen molar-refractivity contribution in [3.8, 4) is 0 Å². The van der Waals surface area contributed by atoms with Crippen molar-refractivity contribution in [3.05, 3.63) is 30.1 Å². The van der Waals surface area contributed by atoms with Crippen molar-refractivity contribution in [1.29, 1.82) is 0 Å². The normalized spacial score (nSPS) is 12.6. The molecule has 1 unspecified atom stereocenters. The zero-order valence-corrected chi connectivity index (χ0v) is 12.9. The lowest BCUT2D eigenvalue weighted by Gasteiger charge is -2.15. The van der Waals surface area contributed by atoms with Gasteiger partial charge in [-0.05, 0) is 37.7 Å². The first-order valence-corrected chi connectivity index (χ1v) is 8.30. The predicted molar refractivity (Wildman–Crippen MR) is 83.3 cm³/mol. The van der Waals surface area contributed by atoms with E-state index in [0.717, 1.165) is 10.6 Å². The first-order valence-electron chi connectivity index (χ1n) is 7.32. The van der Waals surface area contributed by atoms with Gasteiger partial charge in [-0.2, -0.15) is 0 Å². The van der Waals surface area contributed by atoms with Crippen molar-refractivity contribution >= 4 is 11.8 Å². The van der Waals surface area contributed by atoms with Gasteiger partial charge < -0.3 is 5.32 Å². The van der Waals surface area contributed by atoms with Gasteiger partial charge >= 0.3 is 0 Å². The highest BCUT2D eigenvalue weighted by molar-refractivity contribution is 7.99. The van der Waals surface area contributed by atoms with E-state index in [1.54, 1.807) is 11.8 Å². The van der Waals surface area contributed by atoms with Crippen molar-refractivity contribution in [2.75, 3.05) is 12.8 Å². The van der Waals surface area contributed by atoms with Crippen LogP contribution in [0.2, 0.25) is 0 Å². The molecule has 0 bridgehead atoms. The van der Waals surface area contributed by atoms with Gasteiger partial charge in [0.1, 0.15) is 5.82 Å². The maximum Gasteiger partial charge on any atom is 0.123 e. The maximum atomic E-state index is 12.8. The number of nitrogens with one attached hydrogen (secondary N) is 1. The van der Waals surface area contributed by atoms with E-state index in [0.29, 0.717) is 6.04 Å². The van der Waals surface area contributed by atoms with E-state index in [4.69, 9.17) is 0 Å². The summed E-state index contributed by atoms with van der Waals surface area (Å²) in [6.45, 7) is 2.25. The van der Waals surface area contributed by atoms with E-state index in [2.05, 4.69) is 12.2 Å². The average Bonchev–Trinajstić information content (AvgIpc) is 2.44. The van der Waals surface area contributed by atoms with E-state index < -0.39 is 0 Å². The van der Waals surface area contributed by atoms with Crippen LogP contribution < -0.4 is 5.32 Å². The van der Waals surface area contributed by atoms with Crippen LogP contribution in [0.3, 0.4) is 0 Å². The minimum Gasteiger partial charge on any atom is -0.316 e. The summed E-state index contributed by atoms with van der Waals surface area (Å²) in [4.78, 5) is 1.15. The molecule has 0 spiro atoms. The molecule has 19 heavy (non-hydrogen) atoms. The number of hydrogen-bond donors (Lipinski definition) is 1. The topological polar surface area (TPSA) is 12.0 Å². The summed E-state index contributed by atoms with van der Waals surface area (Å²) < 4.78 is 12.8. The van der Waals surface area contributed by atoms with E-state index in [-0.39, 0.29) is 5.82 Å².